The summed E-state index contributed by atoms with van der Waals surface area (Å²) in [6.07, 6.45) is 0.682. The summed E-state index contributed by atoms with van der Waals surface area (Å²) in [7, 11) is 3.07. The van der Waals surface area contributed by atoms with Crippen LogP contribution in [0.25, 0.3) is 0 Å². The molecule has 0 fully saturated rings. The second-order valence-electron chi connectivity index (χ2n) is 4.49. The summed E-state index contributed by atoms with van der Waals surface area (Å²) in [6.45, 7) is 0.0101. The number of nitrogens with zero attached hydrogens (tertiary/aromatic N) is 2. The van der Waals surface area contributed by atoms with Gasteiger partial charge in [-0.05, 0) is 24.1 Å². The van der Waals surface area contributed by atoms with Gasteiger partial charge in [0.25, 0.3) is 0 Å². The van der Waals surface area contributed by atoms with E-state index in [0.717, 1.165) is 5.56 Å². The van der Waals surface area contributed by atoms with Crippen LogP contribution in [0.1, 0.15) is 5.56 Å². The Balaban J connectivity index is 2.10. The summed E-state index contributed by atoms with van der Waals surface area (Å²) in [4.78, 5) is 8.52. The van der Waals surface area contributed by atoms with Crippen molar-refractivity contribution in [2.75, 3.05) is 20.8 Å². The molecule has 118 valence electrons. The predicted molar refractivity (Wildman–Crippen MR) is 87.0 cm³/mol. The van der Waals surface area contributed by atoms with E-state index < -0.39 is 0 Å². The van der Waals surface area contributed by atoms with Crippen molar-refractivity contribution in [2.24, 2.45) is 0 Å². The number of ether oxygens (including phenoxy) is 2. The SMILES string of the molecule is COc1cc(OC)nc(SC(CO)Cc2ccc(Cl)cc2)n1. The van der Waals surface area contributed by atoms with Crippen molar-refractivity contribution in [3.63, 3.8) is 0 Å². The number of aromatic nitrogens is 2. The van der Waals surface area contributed by atoms with Crippen molar-refractivity contribution in [2.45, 2.75) is 16.8 Å². The summed E-state index contributed by atoms with van der Waals surface area (Å²) in [6, 6.07) is 9.16. The number of rotatable bonds is 7. The Labute approximate surface area is 138 Å². The smallest absolute Gasteiger partial charge is 0.220 e. The third kappa shape index (κ3) is 4.76. The van der Waals surface area contributed by atoms with Gasteiger partial charge in [-0.25, -0.2) is 0 Å². The summed E-state index contributed by atoms with van der Waals surface area (Å²) >= 11 is 7.26. The van der Waals surface area contributed by atoms with Crippen molar-refractivity contribution < 1.29 is 14.6 Å². The number of halogens is 1. The molecule has 1 N–H and O–H groups in total. The second kappa shape index (κ2) is 8.22. The number of aliphatic hydroxyl groups excluding tert-OH is 1. The van der Waals surface area contributed by atoms with E-state index in [4.69, 9.17) is 21.1 Å². The summed E-state index contributed by atoms with van der Waals surface area (Å²) < 4.78 is 10.2. The number of thioether (sulfide) groups is 1. The lowest BCUT2D eigenvalue weighted by Gasteiger charge is -2.14. The molecule has 0 radical (unpaired) electrons. The fourth-order valence-electron chi connectivity index (χ4n) is 1.82. The van der Waals surface area contributed by atoms with Crippen LogP contribution in [0.2, 0.25) is 5.02 Å². The minimum Gasteiger partial charge on any atom is -0.481 e. The first-order chi connectivity index (χ1) is 10.6. The van der Waals surface area contributed by atoms with Gasteiger partial charge in [-0.1, -0.05) is 35.5 Å². The fourth-order valence-corrected chi connectivity index (χ4v) is 2.88. The fraction of sp³-hybridized carbons (Fsp3) is 0.333. The van der Waals surface area contributed by atoms with Gasteiger partial charge in [-0.15, -0.1) is 0 Å². The van der Waals surface area contributed by atoms with E-state index in [1.165, 1.54) is 26.0 Å². The van der Waals surface area contributed by atoms with Gasteiger partial charge in [0, 0.05) is 10.3 Å². The highest BCUT2D eigenvalue weighted by Gasteiger charge is 2.14. The van der Waals surface area contributed by atoms with Crippen molar-refractivity contribution in [3.05, 3.63) is 40.9 Å². The van der Waals surface area contributed by atoms with Crippen LogP contribution < -0.4 is 9.47 Å². The quantitative estimate of drug-likeness (QED) is 0.617. The molecule has 1 unspecified atom stereocenters. The molecular weight excluding hydrogens is 324 g/mol. The van der Waals surface area contributed by atoms with Gasteiger partial charge >= 0.3 is 0 Å². The number of methoxy groups -OCH3 is 2. The van der Waals surface area contributed by atoms with Crippen LogP contribution in [0, 0.1) is 0 Å². The topological polar surface area (TPSA) is 64.5 Å². The lowest BCUT2D eigenvalue weighted by molar-refractivity contribution is 0.294. The van der Waals surface area contributed by atoms with Crippen molar-refractivity contribution in [1.82, 2.24) is 9.97 Å². The van der Waals surface area contributed by atoms with Gasteiger partial charge in [-0.2, -0.15) is 9.97 Å². The van der Waals surface area contributed by atoms with Gasteiger partial charge in [0.1, 0.15) is 0 Å². The average Bonchev–Trinajstić information content (AvgIpc) is 2.55. The number of benzene rings is 1. The van der Waals surface area contributed by atoms with E-state index in [2.05, 4.69) is 9.97 Å². The standard InChI is InChI=1S/C15H17ClN2O3S/c1-20-13-8-14(21-2)18-15(17-13)22-12(9-19)7-10-3-5-11(16)6-4-10/h3-6,8,12,19H,7,9H2,1-2H3. The first-order valence-corrected chi connectivity index (χ1v) is 7.89. The van der Waals surface area contributed by atoms with Gasteiger partial charge in [0.15, 0.2) is 5.16 Å². The number of hydrogen-bond donors (Lipinski definition) is 1. The molecule has 0 saturated heterocycles. The molecule has 2 rings (SSSR count). The Morgan fingerprint density at radius 1 is 1.14 bits per heavy atom. The van der Waals surface area contributed by atoms with Gasteiger partial charge < -0.3 is 14.6 Å². The van der Waals surface area contributed by atoms with Crippen molar-refractivity contribution in [1.29, 1.82) is 0 Å². The first kappa shape index (κ1) is 16.9. The second-order valence-corrected chi connectivity index (χ2v) is 6.19. The van der Waals surface area contributed by atoms with Crippen LogP contribution in [-0.4, -0.2) is 41.2 Å². The molecule has 0 aliphatic carbocycles. The molecule has 7 heteroatoms. The maximum atomic E-state index is 9.59. The lowest BCUT2D eigenvalue weighted by atomic mass is 10.1. The molecule has 0 bridgehead atoms. The monoisotopic (exact) mass is 340 g/mol. The maximum Gasteiger partial charge on any atom is 0.220 e. The molecule has 0 amide bonds. The third-order valence-electron chi connectivity index (χ3n) is 2.93. The Morgan fingerprint density at radius 3 is 2.23 bits per heavy atom. The van der Waals surface area contributed by atoms with E-state index in [1.807, 2.05) is 24.3 Å². The maximum absolute atomic E-state index is 9.59. The minimum atomic E-state index is -0.0713. The molecule has 0 aliphatic heterocycles. The van der Waals surface area contributed by atoms with Crippen LogP contribution in [0.5, 0.6) is 11.8 Å². The van der Waals surface area contributed by atoms with Crippen molar-refractivity contribution >= 4 is 23.4 Å². The van der Waals surface area contributed by atoms with Crippen LogP contribution in [-0.2, 0) is 6.42 Å². The molecule has 1 aromatic heterocycles. The average molecular weight is 341 g/mol. The van der Waals surface area contributed by atoms with Crippen molar-refractivity contribution in [3.8, 4) is 11.8 Å². The molecule has 1 heterocycles. The largest absolute Gasteiger partial charge is 0.481 e. The van der Waals surface area contributed by atoms with E-state index in [9.17, 15) is 5.11 Å². The third-order valence-corrected chi connectivity index (χ3v) is 4.22. The van der Waals surface area contributed by atoms with Crippen LogP contribution >= 0.6 is 23.4 Å². The summed E-state index contributed by atoms with van der Waals surface area (Å²) in [5, 5.41) is 10.7. The van der Waals surface area contributed by atoms with E-state index in [-0.39, 0.29) is 11.9 Å². The molecule has 5 nitrogen and oxygen atoms in total. The van der Waals surface area contributed by atoms with Gasteiger partial charge in [0.05, 0.1) is 26.9 Å². The highest BCUT2D eigenvalue weighted by atomic mass is 35.5. The molecule has 0 aliphatic rings. The Kier molecular flexibility index (Phi) is 6.30. The number of aliphatic hydroxyl groups is 1. The number of hydrogen-bond acceptors (Lipinski definition) is 6. The van der Waals surface area contributed by atoms with E-state index in [0.29, 0.717) is 28.4 Å². The molecule has 0 saturated carbocycles. The molecular formula is C15H17ClN2O3S. The molecule has 1 atom stereocenters. The predicted octanol–water partition coefficient (Wildman–Crippen LogP) is 2.84. The molecule has 2 aromatic rings. The highest BCUT2D eigenvalue weighted by molar-refractivity contribution is 7.99. The first-order valence-electron chi connectivity index (χ1n) is 6.63. The van der Waals surface area contributed by atoms with E-state index >= 15 is 0 Å². The van der Waals surface area contributed by atoms with Gasteiger partial charge in [0.2, 0.25) is 11.8 Å². The zero-order valence-corrected chi connectivity index (χ0v) is 13.9. The Morgan fingerprint density at radius 2 is 1.73 bits per heavy atom. The van der Waals surface area contributed by atoms with Crippen LogP contribution in [0.4, 0.5) is 0 Å². The normalized spacial score (nSPS) is 12.0. The summed E-state index contributed by atoms with van der Waals surface area (Å²) in [5.41, 5.74) is 1.09. The lowest BCUT2D eigenvalue weighted by Crippen LogP contribution is -2.13. The van der Waals surface area contributed by atoms with E-state index in [1.54, 1.807) is 6.07 Å². The van der Waals surface area contributed by atoms with Gasteiger partial charge in [-0.3, -0.25) is 0 Å². The highest BCUT2D eigenvalue weighted by Crippen LogP contribution is 2.27. The molecule has 1 aromatic carbocycles. The minimum absolute atomic E-state index is 0.0101. The zero-order valence-electron chi connectivity index (χ0n) is 12.3. The van der Waals surface area contributed by atoms with Crippen LogP contribution in [0.3, 0.4) is 0 Å². The van der Waals surface area contributed by atoms with Crippen LogP contribution in [0.15, 0.2) is 35.5 Å². The zero-order chi connectivity index (χ0) is 15.9. The Hall–Kier alpha value is -1.50. The summed E-state index contributed by atoms with van der Waals surface area (Å²) in [5.74, 6) is 0.857. The Bertz CT molecular complexity index is 588. The molecule has 0 spiro atoms. The molecule has 22 heavy (non-hydrogen) atoms.